The van der Waals surface area contributed by atoms with Crippen LogP contribution in [0, 0.1) is 0 Å². The molecule has 16 heavy (non-hydrogen) atoms. The van der Waals surface area contributed by atoms with Gasteiger partial charge in [0.05, 0.1) is 0 Å². The largest absolute Gasteiger partial charge is 1.00 e. The van der Waals surface area contributed by atoms with Crippen molar-refractivity contribution in [3.05, 3.63) is 0 Å². The quantitative estimate of drug-likeness (QED) is 0.317. The standard InChI is InChI=1S/C10H23NO3S.Na/c1-2-3-4-5-6-7-8-9-10-11-15(12,13)14;/h11H,2-10H2,1H3,(H,12,13,14);/q;+1/p-1. The second-order valence-electron chi connectivity index (χ2n) is 3.82. The zero-order valence-corrected chi connectivity index (χ0v) is 13.3. The Morgan fingerprint density at radius 1 is 0.938 bits per heavy atom. The van der Waals surface area contributed by atoms with E-state index in [9.17, 15) is 13.0 Å². The van der Waals surface area contributed by atoms with Crippen LogP contribution in [0.4, 0.5) is 0 Å². The van der Waals surface area contributed by atoms with Gasteiger partial charge in [-0.3, -0.25) is 0 Å². The van der Waals surface area contributed by atoms with Crippen LogP contribution in [-0.2, 0) is 10.3 Å². The second kappa shape index (κ2) is 12.3. The van der Waals surface area contributed by atoms with Crippen LogP contribution >= 0.6 is 0 Å². The van der Waals surface area contributed by atoms with E-state index in [0.717, 1.165) is 19.3 Å². The van der Waals surface area contributed by atoms with Crippen molar-refractivity contribution in [1.82, 2.24) is 4.72 Å². The molecule has 92 valence electrons. The van der Waals surface area contributed by atoms with Crippen molar-refractivity contribution < 1.29 is 42.5 Å². The Balaban J connectivity index is 0. The van der Waals surface area contributed by atoms with Crippen molar-refractivity contribution in [2.24, 2.45) is 0 Å². The Morgan fingerprint density at radius 3 is 1.81 bits per heavy atom. The van der Waals surface area contributed by atoms with Crippen molar-refractivity contribution in [3.63, 3.8) is 0 Å². The van der Waals surface area contributed by atoms with Gasteiger partial charge in [0.2, 0.25) is 0 Å². The Morgan fingerprint density at radius 2 is 1.38 bits per heavy atom. The first kappa shape index (κ1) is 19.2. The molecule has 0 aromatic rings. The smallest absolute Gasteiger partial charge is 0.735 e. The molecule has 6 heteroatoms. The molecule has 0 amide bonds. The molecular weight excluding hydrogens is 237 g/mol. The monoisotopic (exact) mass is 259 g/mol. The zero-order chi connectivity index (χ0) is 11.6. The molecule has 0 unspecified atom stereocenters. The summed E-state index contributed by atoms with van der Waals surface area (Å²) in [7, 11) is -4.23. The Hall–Kier alpha value is 0.870. The van der Waals surface area contributed by atoms with Crippen LogP contribution in [0.3, 0.4) is 0 Å². The molecule has 0 fully saturated rings. The number of rotatable bonds is 10. The number of hydrogen-bond donors (Lipinski definition) is 1. The molecule has 0 saturated carbocycles. The summed E-state index contributed by atoms with van der Waals surface area (Å²) in [5.41, 5.74) is 0. The van der Waals surface area contributed by atoms with Gasteiger partial charge in [-0.15, -0.1) is 0 Å². The number of hydrogen-bond acceptors (Lipinski definition) is 3. The van der Waals surface area contributed by atoms with Gasteiger partial charge >= 0.3 is 29.6 Å². The summed E-state index contributed by atoms with van der Waals surface area (Å²) in [5.74, 6) is 0. The van der Waals surface area contributed by atoms with Crippen molar-refractivity contribution in [2.75, 3.05) is 6.54 Å². The van der Waals surface area contributed by atoms with E-state index >= 15 is 0 Å². The molecule has 1 N–H and O–H groups in total. The van der Waals surface area contributed by atoms with E-state index in [1.807, 2.05) is 4.72 Å². The fourth-order valence-electron chi connectivity index (χ4n) is 1.46. The molecule has 0 saturated heterocycles. The first-order valence-corrected chi connectivity index (χ1v) is 7.17. The van der Waals surface area contributed by atoms with Gasteiger partial charge in [0, 0.05) is 6.54 Å². The molecule has 0 heterocycles. The summed E-state index contributed by atoms with van der Waals surface area (Å²) in [6.45, 7) is 2.47. The summed E-state index contributed by atoms with van der Waals surface area (Å²) in [4.78, 5) is 0. The second-order valence-corrected chi connectivity index (χ2v) is 5.02. The number of unbranched alkanes of at least 4 members (excludes halogenated alkanes) is 7. The van der Waals surface area contributed by atoms with Crippen LogP contribution in [0.1, 0.15) is 58.3 Å². The molecular formula is C10H22NNaO3S. The van der Waals surface area contributed by atoms with E-state index in [2.05, 4.69) is 6.92 Å². The van der Waals surface area contributed by atoms with Crippen molar-refractivity contribution in [1.29, 1.82) is 0 Å². The van der Waals surface area contributed by atoms with Gasteiger partial charge in [-0.1, -0.05) is 51.9 Å². The number of nitrogens with one attached hydrogen (secondary N) is 1. The minimum absolute atomic E-state index is 0. The van der Waals surface area contributed by atoms with E-state index in [1.165, 1.54) is 32.1 Å². The minimum atomic E-state index is -4.23. The summed E-state index contributed by atoms with van der Waals surface area (Å²) in [6, 6.07) is 0. The average molecular weight is 259 g/mol. The van der Waals surface area contributed by atoms with Gasteiger partial charge in [0.15, 0.2) is 10.3 Å². The van der Waals surface area contributed by atoms with E-state index in [0.29, 0.717) is 0 Å². The van der Waals surface area contributed by atoms with Gasteiger partial charge in [0.25, 0.3) is 0 Å². The fourth-order valence-corrected chi connectivity index (χ4v) is 1.85. The van der Waals surface area contributed by atoms with E-state index in [-0.39, 0.29) is 36.1 Å². The molecule has 0 aromatic carbocycles. The molecule has 0 aromatic heterocycles. The molecule has 0 atom stereocenters. The van der Waals surface area contributed by atoms with Crippen LogP contribution in [0.2, 0.25) is 0 Å². The summed E-state index contributed by atoms with van der Waals surface area (Å²) >= 11 is 0. The summed E-state index contributed by atoms with van der Waals surface area (Å²) in [6.07, 6.45) is 9.21. The first-order valence-electron chi connectivity index (χ1n) is 5.76. The molecule has 0 spiro atoms. The van der Waals surface area contributed by atoms with Crippen LogP contribution in [0.5, 0.6) is 0 Å². The first-order chi connectivity index (χ1) is 7.06. The zero-order valence-electron chi connectivity index (χ0n) is 10.5. The van der Waals surface area contributed by atoms with Crippen LogP contribution in [-0.4, -0.2) is 19.5 Å². The topological polar surface area (TPSA) is 69.2 Å². The van der Waals surface area contributed by atoms with Gasteiger partial charge in [0.1, 0.15) is 0 Å². The van der Waals surface area contributed by atoms with E-state index in [4.69, 9.17) is 0 Å². The van der Waals surface area contributed by atoms with E-state index in [1.54, 1.807) is 0 Å². The van der Waals surface area contributed by atoms with Gasteiger partial charge in [-0.25, -0.2) is 13.1 Å². The van der Waals surface area contributed by atoms with Crippen molar-refractivity contribution in [2.45, 2.75) is 58.3 Å². The SMILES string of the molecule is CCCCCCCCCCNS(=O)(=O)[O-].[Na+]. The normalized spacial score (nSPS) is 11.1. The fraction of sp³-hybridized carbons (Fsp3) is 1.00. The molecule has 0 aliphatic rings. The molecule has 0 bridgehead atoms. The molecule has 0 radical (unpaired) electrons. The third-order valence-electron chi connectivity index (χ3n) is 2.31. The maximum absolute atomic E-state index is 10.2. The van der Waals surface area contributed by atoms with Crippen LogP contribution < -0.4 is 34.3 Å². The third kappa shape index (κ3) is 17.3. The maximum atomic E-state index is 10.2. The Bertz CT molecular complexity index is 232. The third-order valence-corrected chi connectivity index (χ3v) is 2.87. The average Bonchev–Trinajstić information content (AvgIpc) is 2.14. The van der Waals surface area contributed by atoms with Crippen molar-refractivity contribution >= 4 is 10.3 Å². The molecule has 0 aliphatic heterocycles. The van der Waals surface area contributed by atoms with E-state index < -0.39 is 10.3 Å². The molecule has 0 aliphatic carbocycles. The van der Waals surface area contributed by atoms with Crippen LogP contribution in [0.15, 0.2) is 0 Å². The minimum Gasteiger partial charge on any atom is -0.735 e. The predicted molar refractivity (Wildman–Crippen MR) is 60.3 cm³/mol. The molecule has 4 nitrogen and oxygen atoms in total. The predicted octanol–water partition coefficient (Wildman–Crippen LogP) is -0.819. The molecule has 0 rings (SSSR count). The summed E-state index contributed by atoms with van der Waals surface area (Å²) < 4.78 is 32.5. The Labute approximate surface area is 122 Å². The van der Waals surface area contributed by atoms with Gasteiger partial charge < -0.3 is 4.55 Å². The van der Waals surface area contributed by atoms with Crippen molar-refractivity contribution in [3.8, 4) is 0 Å². The maximum Gasteiger partial charge on any atom is 1.00 e. The van der Waals surface area contributed by atoms with Gasteiger partial charge in [-0.2, -0.15) is 0 Å². The Kier molecular flexibility index (Phi) is 14.8. The summed E-state index contributed by atoms with van der Waals surface area (Å²) in [5, 5.41) is 0. The van der Waals surface area contributed by atoms with Gasteiger partial charge in [-0.05, 0) is 6.42 Å². The van der Waals surface area contributed by atoms with Crippen LogP contribution in [0.25, 0.3) is 0 Å².